The van der Waals surface area contributed by atoms with E-state index in [2.05, 4.69) is 0 Å². The van der Waals surface area contributed by atoms with Gasteiger partial charge in [-0.3, -0.25) is 19.2 Å². The molecule has 8 heteroatoms. The third-order valence-corrected chi connectivity index (χ3v) is 4.70. The fourth-order valence-electron chi connectivity index (χ4n) is 2.70. The molecule has 184 valence electrons. The number of ether oxygens (including phenoxy) is 2. The highest BCUT2D eigenvalue weighted by Crippen LogP contribution is 2.07. The van der Waals surface area contributed by atoms with Crippen LogP contribution in [0.3, 0.4) is 0 Å². The van der Waals surface area contributed by atoms with Gasteiger partial charge in [0.1, 0.15) is 13.2 Å². The zero-order chi connectivity index (χ0) is 25.0. The molecule has 0 radical (unpaired) electrons. The van der Waals surface area contributed by atoms with Crippen LogP contribution in [-0.4, -0.2) is 28.3 Å². The quantitative estimate of drug-likeness (QED) is 0.214. The standard InChI is InChI=1S/C13H15ClO3.C13H16O4/c2*14-12(15)8-4-5-9-13(16)17-10-11-6-2-1-3-7-11/h1-3,6-7H,4-5,8-10H2;1-3,6-7H,4-5,8-10H2,(H,14,15). The number of carboxylic acid groups (broad SMARTS) is 1. The van der Waals surface area contributed by atoms with E-state index < -0.39 is 5.97 Å². The molecule has 0 aliphatic rings. The number of carbonyl (C=O) groups excluding carboxylic acids is 3. The molecule has 2 aromatic carbocycles. The molecule has 1 N–H and O–H groups in total. The first-order valence-electron chi connectivity index (χ1n) is 11.2. The fraction of sp³-hybridized carbons (Fsp3) is 0.385. The molecule has 0 saturated heterocycles. The first kappa shape index (κ1) is 28.8. The van der Waals surface area contributed by atoms with E-state index in [0.29, 0.717) is 45.1 Å². The number of benzene rings is 2. The third kappa shape index (κ3) is 16.4. The molecular weight excluding hydrogens is 460 g/mol. The van der Waals surface area contributed by atoms with Crippen LogP contribution in [0.25, 0.3) is 0 Å². The smallest absolute Gasteiger partial charge is 0.306 e. The number of halogens is 1. The Morgan fingerprint density at radius 1 is 0.618 bits per heavy atom. The van der Waals surface area contributed by atoms with E-state index in [9.17, 15) is 19.2 Å². The zero-order valence-electron chi connectivity index (χ0n) is 19.1. The van der Waals surface area contributed by atoms with Gasteiger partial charge in [0.2, 0.25) is 5.24 Å². The molecule has 2 aromatic rings. The van der Waals surface area contributed by atoms with Gasteiger partial charge in [-0.05, 0) is 48.4 Å². The van der Waals surface area contributed by atoms with Crippen LogP contribution in [0.15, 0.2) is 60.7 Å². The number of hydrogen-bond acceptors (Lipinski definition) is 6. The van der Waals surface area contributed by atoms with Gasteiger partial charge in [0, 0.05) is 25.7 Å². The molecular formula is C26H31ClO7. The van der Waals surface area contributed by atoms with Gasteiger partial charge in [-0.1, -0.05) is 60.7 Å². The van der Waals surface area contributed by atoms with Crippen LogP contribution >= 0.6 is 11.6 Å². The van der Waals surface area contributed by atoms with Crippen LogP contribution in [0, 0.1) is 0 Å². The van der Waals surface area contributed by atoms with E-state index >= 15 is 0 Å². The second kappa shape index (κ2) is 18.3. The maximum atomic E-state index is 11.3. The van der Waals surface area contributed by atoms with Crippen LogP contribution in [0.1, 0.15) is 62.5 Å². The summed E-state index contributed by atoms with van der Waals surface area (Å²) in [4.78, 5) is 43.3. The van der Waals surface area contributed by atoms with Crippen LogP contribution in [0.4, 0.5) is 0 Å². The molecule has 0 atom stereocenters. The Hall–Kier alpha value is -3.19. The van der Waals surface area contributed by atoms with Gasteiger partial charge in [0.05, 0.1) is 0 Å². The highest BCUT2D eigenvalue weighted by Gasteiger charge is 2.05. The van der Waals surface area contributed by atoms with Gasteiger partial charge >= 0.3 is 17.9 Å². The number of rotatable bonds is 14. The van der Waals surface area contributed by atoms with E-state index in [0.717, 1.165) is 11.1 Å². The predicted molar refractivity (Wildman–Crippen MR) is 128 cm³/mol. The van der Waals surface area contributed by atoms with Crippen LogP contribution in [-0.2, 0) is 41.9 Å². The SMILES string of the molecule is O=C(Cl)CCCCC(=O)OCc1ccccc1.O=C(O)CCCCC(=O)OCc1ccccc1. The molecule has 0 saturated carbocycles. The normalized spacial score (nSPS) is 9.91. The molecule has 0 aromatic heterocycles. The molecule has 7 nitrogen and oxygen atoms in total. The predicted octanol–water partition coefficient (Wildman–Crippen LogP) is 5.43. The number of aliphatic carboxylic acids is 1. The van der Waals surface area contributed by atoms with Gasteiger partial charge < -0.3 is 14.6 Å². The summed E-state index contributed by atoms with van der Waals surface area (Å²) in [6.07, 6.45) is 3.35. The van der Waals surface area contributed by atoms with Crippen molar-refractivity contribution in [2.24, 2.45) is 0 Å². The van der Waals surface area contributed by atoms with Gasteiger partial charge in [-0.25, -0.2) is 0 Å². The minimum Gasteiger partial charge on any atom is -0.481 e. The Kier molecular flexibility index (Phi) is 15.5. The van der Waals surface area contributed by atoms with Crippen molar-refractivity contribution in [2.45, 2.75) is 64.6 Å². The first-order valence-corrected chi connectivity index (χ1v) is 11.5. The average molecular weight is 491 g/mol. The monoisotopic (exact) mass is 490 g/mol. The van der Waals surface area contributed by atoms with E-state index in [1.165, 1.54) is 0 Å². The van der Waals surface area contributed by atoms with Crippen molar-refractivity contribution in [2.75, 3.05) is 0 Å². The Balaban J connectivity index is 0.000000340. The van der Waals surface area contributed by atoms with E-state index in [4.69, 9.17) is 26.2 Å². The molecule has 0 heterocycles. The second-order valence-corrected chi connectivity index (χ2v) is 7.88. The topological polar surface area (TPSA) is 107 Å². The van der Waals surface area contributed by atoms with Gasteiger partial charge in [-0.2, -0.15) is 0 Å². The summed E-state index contributed by atoms with van der Waals surface area (Å²) in [5.41, 5.74) is 1.92. The number of esters is 2. The zero-order valence-corrected chi connectivity index (χ0v) is 19.9. The van der Waals surface area contributed by atoms with E-state index in [1.54, 1.807) is 0 Å². The van der Waals surface area contributed by atoms with Crippen molar-refractivity contribution in [3.05, 3.63) is 71.8 Å². The van der Waals surface area contributed by atoms with Crippen LogP contribution in [0.2, 0.25) is 0 Å². The molecule has 0 amide bonds. The Morgan fingerprint density at radius 3 is 1.38 bits per heavy atom. The number of unbranched alkanes of at least 4 members (excludes halogenated alkanes) is 2. The first-order chi connectivity index (χ1) is 16.4. The minimum absolute atomic E-state index is 0.103. The van der Waals surface area contributed by atoms with Crippen molar-refractivity contribution < 1.29 is 33.8 Å². The lowest BCUT2D eigenvalue weighted by atomic mass is 10.2. The fourth-order valence-corrected chi connectivity index (χ4v) is 2.83. The van der Waals surface area contributed by atoms with E-state index in [1.807, 2.05) is 60.7 Å². The maximum Gasteiger partial charge on any atom is 0.306 e. The van der Waals surface area contributed by atoms with Crippen molar-refractivity contribution >= 4 is 34.8 Å². The summed E-state index contributed by atoms with van der Waals surface area (Å²) in [7, 11) is 0. The lowest BCUT2D eigenvalue weighted by Crippen LogP contribution is -2.04. The highest BCUT2D eigenvalue weighted by molar-refractivity contribution is 6.63. The summed E-state index contributed by atoms with van der Waals surface area (Å²) in [5, 5.41) is 8.06. The minimum atomic E-state index is -0.831. The Morgan fingerprint density at radius 2 is 1.00 bits per heavy atom. The lowest BCUT2D eigenvalue weighted by Gasteiger charge is -2.04. The van der Waals surface area contributed by atoms with E-state index in [-0.39, 0.29) is 36.6 Å². The van der Waals surface area contributed by atoms with Crippen molar-refractivity contribution in [3.8, 4) is 0 Å². The molecule has 0 bridgehead atoms. The molecule has 2 rings (SSSR count). The molecule has 0 spiro atoms. The largest absolute Gasteiger partial charge is 0.481 e. The molecule has 0 unspecified atom stereocenters. The number of carboxylic acids is 1. The summed E-state index contributed by atoms with van der Waals surface area (Å²) < 4.78 is 10.1. The summed E-state index contributed by atoms with van der Waals surface area (Å²) in [6.45, 7) is 0.576. The number of carbonyl (C=O) groups is 4. The summed E-state index contributed by atoms with van der Waals surface area (Å²) >= 11 is 5.18. The Bertz CT molecular complexity index is 796. The lowest BCUT2D eigenvalue weighted by molar-refractivity contribution is -0.146. The summed E-state index contributed by atoms with van der Waals surface area (Å²) in [6, 6.07) is 19.0. The maximum absolute atomic E-state index is 11.3. The third-order valence-electron chi connectivity index (χ3n) is 4.51. The molecule has 34 heavy (non-hydrogen) atoms. The van der Waals surface area contributed by atoms with Crippen LogP contribution < -0.4 is 0 Å². The van der Waals surface area contributed by atoms with Gasteiger partial charge in [0.15, 0.2) is 0 Å². The van der Waals surface area contributed by atoms with Crippen molar-refractivity contribution in [1.82, 2.24) is 0 Å². The average Bonchev–Trinajstić information content (AvgIpc) is 2.83. The van der Waals surface area contributed by atoms with Crippen LogP contribution in [0.5, 0.6) is 0 Å². The second-order valence-electron chi connectivity index (χ2n) is 7.46. The Labute approximate surface area is 205 Å². The van der Waals surface area contributed by atoms with Gasteiger partial charge in [0.25, 0.3) is 0 Å². The van der Waals surface area contributed by atoms with Gasteiger partial charge in [-0.15, -0.1) is 0 Å². The highest BCUT2D eigenvalue weighted by atomic mass is 35.5. The summed E-state index contributed by atoms with van der Waals surface area (Å²) in [5.74, 6) is -1.35. The molecule has 0 aliphatic carbocycles. The number of hydrogen-bond donors (Lipinski definition) is 1. The molecule has 0 fully saturated rings. The van der Waals surface area contributed by atoms with Crippen molar-refractivity contribution in [3.63, 3.8) is 0 Å². The molecule has 0 aliphatic heterocycles. The van der Waals surface area contributed by atoms with Crippen molar-refractivity contribution in [1.29, 1.82) is 0 Å².